The fourth-order valence-corrected chi connectivity index (χ4v) is 2.46. The van der Waals surface area contributed by atoms with Crippen molar-refractivity contribution in [3.63, 3.8) is 0 Å². The molecule has 2 aromatic rings. The summed E-state index contributed by atoms with van der Waals surface area (Å²) in [6.45, 7) is 10.0. The fourth-order valence-electron chi connectivity index (χ4n) is 1.74. The van der Waals surface area contributed by atoms with E-state index in [4.69, 9.17) is 0 Å². The minimum atomic E-state index is 0.801. The molecule has 0 radical (unpaired) electrons. The molecular weight excluding hydrogens is 244 g/mol. The third kappa shape index (κ3) is 2.61. The summed E-state index contributed by atoms with van der Waals surface area (Å²) in [6.07, 6.45) is 0. The second-order valence-corrected chi connectivity index (χ2v) is 5.30. The molecule has 0 aliphatic rings. The lowest BCUT2D eigenvalue weighted by molar-refractivity contribution is 0.747. The Bertz CT molecular complexity index is 554. The maximum Gasteiger partial charge on any atom is 0.214 e. The van der Waals surface area contributed by atoms with Crippen LogP contribution in [0.4, 0.5) is 0 Å². The van der Waals surface area contributed by atoms with Gasteiger partial charge in [-0.25, -0.2) is 0 Å². The van der Waals surface area contributed by atoms with E-state index in [0.717, 1.165) is 22.2 Å². The Kier molecular flexibility index (Phi) is 3.81. The number of nitrogens with zero attached hydrogens (tertiary/aromatic N) is 4. The first-order valence-corrected chi connectivity index (χ1v) is 6.70. The van der Waals surface area contributed by atoms with Crippen LogP contribution >= 0.6 is 11.8 Å². The van der Waals surface area contributed by atoms with E-state index in [9.17, 15) is 0 Å². The molecule has 94 valence electrons. The molecule has 5 heteroatoms. The van der Waals surface area contributed by atoms with Gasteiger partial charge in [0, 0.05) is 5.75 Å². The average Bonchev–Trinajstić information content (AvgIpc) is 2.74. The highest BCUT2D eigenvalue weighted by atomic mass is 32.2. The third-order valence-electron chi connectivity index (χ3n) is 2.54. The molecule has 1 aromatic heterocycles. The van der Waals surface area contributed by atoms with Gasteiger partial charge in [0.15, 0.2) is 0 Å². The van der Waals surface area contributed by atoms with Gasteiger partial charge in [-0.3, -0.25) is 0 Å². The van der Waals surface area contributed by atoms with Gasteiger partial charge in [-0.15, -0.1) is 5.10 Å². The number of tetrazole rings is 1. The Hall–Kier alpha value is -1.62. The lowest BCUT2D eigenvalue weighted by atomic mass is 10.1. The van der Waals surface area contributed by atoms with E-state index in [-0.39, 0.29) is 0 Å². The molecular formula is C13H16N4S. The molecule has 0 bridgehead atoms. The van der Waals surface area contributed by atoms with Crippen LogP contribution in [0.25, 0.3) is 5.69 Å². The number of aryl methyl sites for hydroxylation is 2. The lowest BCUT2D eigenvalue weighted by Crippen LogP contribution is -2.04. The Morgan fingerprint density at radius 2 is 2.00 bits per heavy atom. The molecule has 4 nitrogen and oxygen atoms in total. The monoisotopic (exact) mass is 260 g/mol. The van der Waals surface area contributed by atoms with Gasteiger partial charge >= 0.3 is 0 Å². The first kappa shape index (κ1) is 12.8. The second kappa shape index (κ2) is 5.35. The van der Waals surface area contributed by atoms with Crippen molar-refractivity contribution < 1.29 is 0 Å². The van der Waals surface area contributed by atoms with Crippen LogP contribution in [-0.4, -0.2) is 26.0 Å². The number of benzene rings is 1. The van der Waals surface area contributed by atoms with E-state index < -0.39 is 0 Å². The van der Waals surface area contributed by atoms with Gasteiger partial charge in [-0.05, 0) is 42.3 Å². The molecule has 2 rings (SSSR count). The minimum Gasteiger partial charge on any atom is -0.187 e. The molecule has 0 spiro atoms. The summed E-state index contributed by atoms with van der Waals surface area (Å²) in [5.41, 5.74) is 4.50. The van der Waals surface area contributed by atoms with Crippen molar-refractivity contribution in [3.05, 3.63) is 41.5 Å². The number of para-hydroxylation sites is 1. The maximum atomic E-state index is 4.09. The van der Waals surface area contributed by atoms with Crippen LogP contribution in [0.15, 0.2) is 35.5 Å². The zero-order chi connectivity index (χ0) is 13.1. The van der Waals surface area contributed by atoms with E-state index in [1.165, 1.54) is 11.1 Å². The number of hydrogen-bond donors (Lipinski definition) is 0. The first-order chi connectivity index (χ1) is 8.59. The van der Waals surface area contributed by atoms with E-state index in [0.29, 0.717) is 0 Å². The molecule has 0 saturated heterocycles. The van der Waals surface area contributed by atoms with Crippen molar-refractivity contribution in [2.75, 3.05) is 5.75 Å². The van der Waals surface area contributed by atoms with Gasteiger partial charge in [0.2, 0.25) is 5.16 Å². The molecule has 0 aliphatic heterocycles. The van der Waals surface area contributed by atoms with E-state index in [1.807, 2.05) is 13.0 Å². The molecule has 0 atom stereocenters. The van der Waals surface area contributed by atoms with Crippen molar-refractivity contribution in [1.82, 2.24) is 20.2 Å². The van der Waals surface area contributed by atoms with Crippen LogP contribution < -0.4 is 0 Å². The van der Waals surface area contributed by atoms with Gasteiger partial charge in [0.05, 0.1) is 5.69 Å². The molecule has 0 unspecified atom stereocenters. The number of rotatable bonds is 4. The van der Waals surface area contributed by atoms with Crippen LogP contribution in [0.3, 0.4) is 0 Å². The number of hydrogen-bond acceptors (Lipinski definition) is 4. The average molecular weight is 260 g/mol. The van der Waals surface area contributed by atoms with E-state index in [1.54, 1.807) is 16.4 Å². The summed E-state index contributed by atoms with van der Waals surface area (Å²) in [5.74, 6) is 0.825. The highest BCUT2D eigenvalue weighted by Gasteiger charge is 2.12. The van der Waals surface area contributed by atoms with E-state index in [2.05, 4.69) is 48.1 Å². The van der Waals surface area contributed by atoms with Crippen LogP contribution in [-0.2, 0) is 0 Å². The summed E-state index contributed by atoms with van der Waals surface area (Å²) in [6, 6.07) is 6.17. The van der Waals surface area contributed by atoms with Gasteiger partial charge in [-0.1, -0.05) is 42.1 Å². The summed E-state index contributed by atoms with van der Waals surface area (Å²) >= 11 is 1.60. The molecule has 0 saturated carbocycles. The largest absolute Gasteiger partial charge is 0.214 e. The number of aromatic nitrogens is 4. The van der Waals surface area contributed by atoms with Crippen LogP contribution in [0.2, 0.25) is 0 Å². The Morgan fingerprint density at radius 1 is 1.33 bits per heavy atom. The van der Waals surface area contributed by atoms with Crippen molar-refractivity contribution in [3.8, 4) is 5.69 Å². The zero-order valence-electron chi connectivity index (χ0n) is 10.8. The Morgan fingerprint density at radius 3 is 2.61 bits per heavy atom. The van der Waals surface area contributed by atoms with Gasteiger partial charge in [-0.2, -0.15) is 4.68 Å². The summed E-state index contributed by atoms with van der Waals surface area (Å²) < 4.78 is 1.80. The first-order valence-electron chi connectivity index (χ1n) is 5.71. The van der Waals surface area contributed by atoms with Crippen molar-refractivity contribution >= 4 is 11.8 Å². The minimum absolute atomic E-state index is 0.801. The smallest absolute Gasteiger partial charge is 0.187 e. The van der Waals surface area contributed by atoms with E-state index >= 15 is 0 Å². The normalized spacial score (nSPS) is 10.6. The fraction of sp³-hybridized carbons (Fsp3) is 0.308. The molecule has 0 aliphatic carbocycles. The van der Waals surface area contributed by atoms with Gasteiger partial charge in [0.25, 0.3) is 0 Å². The summed E-state index contributed by atoms with van der Waals surface area (Å²) in [4.78, 5) is 0. The highest BCUT2D eigenvalue weighted by molar-refractivity contribution is 7.99. The summed E-state index contributed by atoms with van der Waals surface area (Å²) in [5, 5.41) is 12.7. The van der Waals surface area contributed by atoms with Gasteiger partial charge < -0.3 is 0 Å². The van der Waals surface area contributed by atoms with Crippen LogP contribution in [0, 0.1) is 13.8 Å². The molecule has 0 fully saturated rings. The van der Waals surface area contributed by atoms with Crippen molar-refractivity contribution in [2.45, 2.75) is 25.9 Å². The topological polar surface area (TPSA) is 43.6 Å². The predicted molar refractivity (Wildman–Crippen MR) is 74.2 cm³/mol. The Labute approximate surface area is 111 Å². The van der Waals surface area contributed by atoms with Gasteiger partial charge in [0.1, 0.15) is 0 Å². The quantitative estimate of drug-likeness (QED) is 0.626. The predicted octanol–water partition coefficient (Wildman–Crippen LogP) is 2.95. The molecule has 1 heterocycles. The van der Waals surface area contributed by atoms with Crippen LogP contribution in [0.5, 0.6) is 0 Å². The maximum absolute atomic E-state index is 4.09. The highest BCUT2D eigenvalue weighted by Crippen LogP contribution is 2.24. The second-order valence-electron chi connectivity index (χ2n) is 4.36. The zero-order valence-corrected chi connectivity index (χ0v) is 11.7. The molecule has 1 aromatic carbocycles. The molecule has 18 heavy (non-hydrogen) atoms. The SMILES string of the molecule is C=C(C)CSc1nnnn1-c1c(C)cccc1C. The standard InChI is InChI=1S/C13H16N4S/c1-9(2)8-18-13-14-15-16-17(13)12-10(3)6-5-7-11(12)4/h5-7H,1,8H2,2-4H3. The van der Waals surface area contributed by atoms with Crippen LogP contribution in [0.1, 0.15) is 18.1 Å². The Balaban J connectivity index is 2.39. The number of thioether (sulfide) groups is 1. The third-order valence-corrected chi connectivity index (χ3v) is 3.69. The lowest BCUT2D eigenvalue weighted by Gasteiger charge is -2.10. The molecule has 0 N–H and O–H groups in total. The summed E-state index contributed by atoms with van der Waals surface area (Å²) in [7, 11) is 0. The van der Waals surface area contributed by atoms with Crippen molar-refractivity contribution in [1.29, 1.82) is 0 Å². The molecule has 0 amide bonds. The van der Waals surface area contributed by atoms with Crippen molar-refractivity contribution in [2.24, 2.45) is 0 Å².